The van der Waals surface area contributed by atoms with Crippen LogP contribution in [0.1, 0.15) is 31.4 Å². The fourth-order valence-electron chi connectivity index (χ4n) is 2.80. The maximum absolute atomic E-state index is 12.1. The van der Waals surface area contributed by atoms with Gasteiger partial charge in [0.25, 0.3) is 0 Å². The van der Waals surface area contributed by atoms with Gasteiger partial charge >= 0.3 is 0 Å². The zero-order valence-electron chi connectivity index (χ0n) is 14.8. The van der Waals surface area contributed by atoms with Crippen molar-refractivity contribution in [3.63, 3.8) is 0 Å². The molecule has 0 heterocycles. The summed E-state index contributed by atoms with van der Waals surface area (Å²) >= 11 is 0. The summed E-state index contributed by atoms with van der Waals surface area (Å²) in [6.45, 7) is 8.08. The van der Waals surface area contributed by atoms with E-state index in [4.69, 9.17) is 5.73 Å². The zero-order chi connectivity index (χ0) is 17.5. The van der Waals surface area contributed by atoms with Crippen LogP contribution in [0, 0.1) is 6.92 Å². The van der Waals surface area contributed by atoms with Crippen LogP contribution in [0.4, 0.5) is 17.1 Å². The highest BCUT2D eigenvalue weighted by atomic mass is 16.1. The summed E-state index contributed by atoms with van der Waals surface area (Å²) in [6, 6.07) is 13.9. The number of hydrogen-bond acceptors (Lipinski definition) is 3. The van der Waals surface area contributed by atoms with Crippen molar-refractivity contribution in [1.29, 1.82) is 0 Å². The van der Waals surface area contributed by atoms with Gasteiger partial charge in [-0.15, -0.1) is 0 Å². The van der Waals surface area contributed by atoms with Gasteiger partial charge < -0.3 is 16.0 Å². The van der Waals surface area contributed by atoms with Gasteiger partial charge in [-0.3, -0.25) is 4.79 Å². The second-order valence-corrected chi connectivity index (χ2v) is 5.93. The Morgan fingerprint density at radius 1 is 1.12 bits per heavy atom. The van der Waals surface area contributed by atoms with Gasteiger partial charge in [-0.1, -0.05) is 24.3 Å². The Bertz CT molecular complexity index is 693. The number of nitrogen functional groups attached to an aromatic ring is 1. The summed E-state index contributed by atoms with van der Waals surface area (Å²) < 4.78 is 0. The molecule has 0 aromatic heterocycles. The molecule has 2 aromatic rings. The minimum atomic E-state index is 0.0238. The molecule has 1 amide bonds. The minimum absolute atomic E-state index is 0.0238. The quantitative estimate of drug-likeness (QED) is 0.757. The third-order valence-corrected chi connectivity index (χ3v) is 4.26. The van der Waals surface area contributed by atoms with Gasteiger partial charge in [0, 0.05) is 25.2 Å². The van der Waals surface area contributed by atoms with Gasteiger partial charge in [0.1, 0.15) is 0 Å². The number of amides is 1. The molecular formula is C20H27N3O. The molecule has 128 valence electrons. The number of nitrogens with two attached hydrogens (primary N) is 1. The molecule has 0 aliphatic heterocycles. The fourth-order valence-corrected chi connectivity index (χ4v) is 2.80. The molecule has 2 rings (SSSR count). The number of nitrogens with one attached hydrogen (secondary N) is 1. The predicted octanol–water partition coefficient (Wildman–Crippen LogP) is 3.99. The molecule has 0 saturated carbocycles. The van der Waals surface area contributed by atoms with E-state index in [9.17, 15) is 4.79 Å². The van der Waals surface area contributed by atoms with Gasteiger partial charge in [-0.25, -0.2) is 0 Å². The first kappa shape index (κ1) is 17.9. The molecule has 0 atom stereocenters. The number of nitrogens with zero attached hydrogens (tertiary/aromatic N) is 1. The molecule has 2 aromatic carbocycles. The predicted molar refractivity (Wildman–Crippen MR) is 103 cm³/mol. The topological polar surface area (TPSA) is 58.4 Å². The second-order valence-electron chi connectivity index (χ2n) is 5.93. The van der Waals surface area contributed by atoms with Gasteiger partial charge in [0.05, 0.1) is 11.4 Å². The molecule has 4 nitrogen and oxygen atoms in total. The third-order valence-electron chi connectivity index (χ3n) is 4.26. The monoisotopic (exact) mass is 325 g/mol. The van der Waals surface area contributed by atoms with Crippen molar-refractivity contribution < 1.29 is 4.79 Å². The van der Waals surface area contributed by atoms with Crippen molar-refractivity contribution in [2.45, 2.75) is 33.6 Å². The van der Waals surface area contributed by atoms with E-state index in [2.05, 4.69) is 36.2 Å². The zero-order valence-corrected chi connectivity index (χ0v) is 14.8. The van der Waals surface area contributed by atoms with Crippen molar-refractivity contribution in [3.8, 4) is 0 Å². The first-order chi connectivity index (χ1) is 11.5. The molecule has 3 N–H and O–H groups in total. The SMILES string of the molecule is CCN(CC)c1ccc(CCC(=O)Nc2ccccc2C)cc1N. The Morgan fingerprint density at radius 2 is 1.83 bits per heavy atom. The van der Waals surface area contributed by atoms with E-state index < -0.39 is 0 Å². The minimum Gasteiger partial charge on any atom is -0.397 e. The number of rotatable bonds is 7. The third kappa shape index (κ3) is 4.51. The van der Waals surface area contributed by atoms with Crippen LogP contribution in [0.5, 0.6) is 0 Å². The van der Waals surface area contributed by atoms with Crippen LogP contribution in [0.15, 0.2) is 42.5 Å². The second kappa shape index (κ2) is 8.39. The van der Waals surface area contributed by atoms with Gasteiger partial charge in [-0.2, -0.15) is 0 Å². The lowest BCUT2D eigenvalue weighted by atomic mass is 10.1. The molecule has 0 spiro atoms. The van der Waals surface area contributed by atoms with Crippen LogP contribution in [0.3, 0.4) is 0 Å². The molecular weight excluding hydrogens is 298 g/mol. The van der Waals surface area contributed by atoms with E-state index in [0.717, 1.165) is 41.3 Å². The lowest BCUT2D eigenvalue weighted by Gasteiger charge is -2.23. The van der Waals surface area contributed by atoms with Gasteiger partial charge in [0.2, 0.25) is 5.91 Å². The van der Waals surface area contributed by atoms with Crippen molar-refractivity contribution in [2.75, 3.05) is 29.0 Å². The maximum Gasteiger partial charge on any atom is 0.224 e. The number of carbonyl (C=O) groups is 1. The molecule has 0 bridgehead atoms. The van der Waals surface area contributed by atoms with Crippen molar-refractivity contribution in [3.05, 3.63) is 53.6 Å². The Kier molecular flexibility index (Phi) is 6.24. The van der Waals surface area contributed by atoms with E-state index in [0.29, 0.717) is 12.8 Å². The average Bonchev–Trinajstić information content (AvgIpc) is 2.58. The Labute approximate surface area is 144 Å². The largest absolute Gasteiger partial charge is 0.397 e. The summed E-state index contributed by atoms with van der Waals surface area (Å²) in [7, 11) is 0. The lowest BCUT2D eigenvalue weighted by Crippen LogP contribution is -2.23. The van der Waals surface area contributed by atoms with Crippen LogP contribution < -0.4 is 16.0 Å². The lowest BCUT2D eigenvalue weighted by molar-refractivity contribution is -0.116. The highest BCUT2D eigenvalue weighted by molar-refractivity contribution is 5.91. The molecule has 4 heteroatoms. The van der Waals surface area contributed by atoms with Crippen LogP contribution >= 0.6 is 0 Å². The van der Waals surface area contributed by atoms with E-state index in [1.807, 2.05) is 37.3 Å². The van der Waals surface area contributed by atoms with Gasteiger partial charge in [-0.05, 0) is 56.5 Å². The molecule has 0 unspecified atom stereocenters. The molecule has 0 radical (unpaired) electrons. The Morgan fingerprint density at radius 3 is 2.46 bits per heavy atom. The van der Waals surface area contributed by atoms with Crippen LogP contribution in [0.2, 0.25) is 0 Å². The summed E-state index contributed by atoms with van der Waals surface area (Å²) in [5, 5.41) is 2.96. The molecule has 0 aliphatic rings. The standard InChI is InChI=1S/C20H27N3O/c1-4-23(5-2)19-12-10-16(14-17(19)21)11-13-20(24)22-18-9-7-6-8-15(18)3/h6-10,12,14H,4-5,11,13,21H2,1-3H3,(H,22,24). The first-order valence-electron chi connectivity index (χ1n) is 8.54. The van der Waals surface area contributed by atoms with E-state index in [-0.39, 0.29) is 5.91 Å². The molecule has 0 fully saturated rings. The summed E-state index contributed by atoms with van der Waals surface area (Å²) in [4.78, 5) is 14.4. The normalized spacial score (nSPS) is 10.5. The molecule has 24 heavy (non-hydrogen) atoms. The fraction of sp³-hybridized carbons (Fsp3) is 0.350. The van der Waals surface area contributed by atoms with Crippen molar-refractivity contribution in [1.82, 2.24) is 0 Å². The van der Waals surface area contributed by atoms with Crippen LogP contribution in [0.25, 0.3) is 0 Å². The Hall–Kier alpha value is -2.49. The summed E-state index contributed by atoms with van der Waals surface area (Å²) in [5.41, 5.74) is 11.0. The number of benzene rings is 2. The molecule has 0 aliphatic carbocycles. The number of hydrogen-bond donors (Lipinski definition) is 2. The highest BCUT2D eigenvalue weighted by Crippen LogP contribution is 2.25. The Balaban J connectivity index is 1.96. The molecule has 0 saturated heterocycles. The first-order valence-corrected chi connectivity index (χ1v) is 8.54. The average molecular weight is 325 g/mol. The van der Waals surface area contributed by atoms with Crippen LogP contribution in [-0.2, 0) is 11.2 Å². The smallest absolute Gasteiger partial charge is 0.224 e. The summed E-state index contributed by atoms with van der Waals surface area (Å²) in [5.74, 6) is 0.0238. The van der Waals surface area contributed by atoms with Crippen molar-refractivity contribution in [2.24, 2.45) is 0 Å². The summed E-state index contributed by atoms with van der Waals surface area (Å²) in [6.07, 6.45) is 1.12. The van der Waals surface area contributed by atoms with Gasteiger partial charge in [0.15, 0.2) is 0 Å². The number of para-hydroxylation sites is 1. The van der Waals surface area contributed by atoms with Crippen LogP contribution in [-0.4, -0.2) is 19.0 Å². The number of aryl methyl sites for hydroxylation is 2. The number of carbonyl (C=O) groups excluding carboxylic acids is 1. The number of anilines is 3. The maximum atomic E-state index is 12.1. The van der Waals surface area contributed by atoms with Crippen molar-refractivity contribution >= 4 is 23.0 Å². The van der Waals surface area contributed by atoms with E-state index >= 15 is 0 Å². The van der Waals surface area contributed by atoms with E-state index in [1.54, 1.807) is 0 Å². The van der Waals surface area contributed by atoms with E-state index in [1.165, 1.54) is 0 Å². The highest BCUT2D eigenvalue weighted by Gasteiger charge is 2.09.